The van der Waals surface area contributed by atoms with Gasteiger partial charge in [0.05, 0.1) is 5.70 Å². The quantitative estimate of drug-likeness (QED) is 0.532. The summed E-state index contributed by atoms with van der Waals surface area (Å²) in [5.74, 6) is 0. The van der Waals surface area contributed by atoms with Gasteiger partial charge in [-0.05, 0) is 75.7 Å². The van der Waals surface area contributed by atoms with E-state index in [1.165, 1.54) is 28.7 Å². The summed E-state index contributed by atoms with van der Waals surface area (Å²) in [6.07, 6.45) is 7.45. The molecule has 0 N–H and O–H groups in total. The molecule has 0 amide bonds. The molecule has 0 bridgehead atoms. The average Bonchev–Trinajstić information content (AvgIpc) is 2.62. The Kier molecular flexibility index (Phi) is 4.16. The van der Waals surface area contributed by atoms with E-state index in [1.807, 2.05) is 6.21 Å². The van der Waals surface area contributed by atoms with Gasteiger partial charge in [-0.1, -0.05) is 45.9 Å². The molecule has 1 aliphatic carbocycles. The Balaban J connectivity index is 2.11. The molecular formula is C21H26BrN. The molecule has 0 spiro atoms. The molecule has 3 rings (SSSR count). The predicted octanol–water partition coefficient (Wildman–Crippen LogP) is 6.52. The number of hydrogen-bond donors (Lipinski definition) is 0. The zero-order chi connectivity index (χ0) is 16.8. The molecule has 1 heterocycles. The minimum Gasteiger partial charge on any atom is -0.255 e. The first-order valence-electron chi connectivity index (χ1n) is 8.46. The van der Waals surface area contributed by atoms with Crippen molar-refractivity contribution in [1.82, 2.24) is 0 Å². The van der Waals surface area contributed by atoms with Gasteiger partial charge in [-0.3, -0.25) is 4.99 Å². The van der Waals surface area contributed by atoms with E-state index in [1.54, 1.807) is 0 Å². The van der Waals surface area contributed by atoms with Crippen molar-refractivity contribution in [1.29, 1.82) is 0 Å². The molecular weight excluding hydrogens is 346 g/mol. The molecule has 0 fully saturated rings. The fourth-order valence-electron chi connectivity index (χ4n) is 4.29. The summed E-state index contributed by atoms with van der Waals surface area (Å²) in [6.45, 7) is 11.7. The molecule has 0 unspecified atom stereocenters. The van der Waals surface area contributed by atoms with Gasteiger partial charge in [-0.2, -0.15) is 0 Å². The highest BCUT2D eigenvalue weighted by molar-refractivity contribution is 9.12. The van der Waals surface area contributed by atoms with Gasteiger partial charge in [-0.25, -0.2) is 0 Å². The van der Waals surface area contributed by atoms with Crippen LogP contribution in [0.1, 0.15) is 70.6 Å². The van der Waals surface area contributed by atoms with Crippen LogP contribution in [-0.2, 0) is 10.8 Å². The number of allylic oxidation sites excluding steroid dienone is 3. The topological polar surface area (TPSA) is 12.4 Å². The molecule has 0 aromatic heterocycles. The summed E-state index contributed by atoms with van der Waals surface area (Å²) in [7, 11) is 0. The van der Waals surface area contributed by atoms with Crippen LogP contribution in [0.3, 0.4) is 0 Å². The first-order valence-corrected chi connectivity index (χ1v) is 9.25. The number of fused-ring (bicyclic) bond motifs is 1. The van der Waals surface area contributed by atoms with E-state index in [0.29, 0.717) is 0 Å². The van der Waals surface area contributed by atoms with Crippen molar-refractivity contribution in [3.63, 3.8) is 0 Å². The predicted molar refractivity (Wildman–Crippen MR) is 104 cm³/mol. The van der Waals surface area contributed by atoms with Crippen molar-refractivity contribution in [2.75, 3.05) is 0 Å². The molecule has 1 aliphatic heterocycles. The van der Waals surface area contributed by atoms with Gasteiger partial charge >= 0.3 is 0 Å². The Hall–Kier alpha value is -1.15. The lowest BCUT2D eigenvalue weighted by Gasteiger charge is -2.22. The number of halogens is 1. The SMILES string of the molecule is C/C1=C(c2ccc3c(c2)C(C)(C)CC3(C)C)/N=C\C(Br)=C/CC1. The minimum absolute atomic E-state index is 0.231. The van der Waals surface area contributed by atoms with Gasteiger partial charge in [0.15, 0.2) is 0 Å². The van der Waals surface area contributed by atoms with Gasteiger partial charge in [0.1, 0.15) is 0 Å². The van der Waals surface area contributed by atoms with Crippen molar-refractivity contribution in [2.45, 2.75) is 64.7 Å². The van der Waals surface area contributed by atoms with E-state index in [9.17, 15) is 0 Å². The van der Waals surface area contributed by atoms with Crippen molar-refractivity contribution in [2.24, 2.45) is 4.99 Å². The Labute approximate surface area is 148 Å². The third-order valence-electron chi connectivity index (χ3n) is 5.22. The smallest absolute Gasteiger partial charge is 0.0691 e. The van der Waals surface area contributed by atoms with Crippen molar-refractivity contribution in [3.05, 3.63) is 51.0 Å². The van der Waals surface area contributed by atoms with E-state index in [4.69, 9.17) is 4.99 Å². The Morgan fingerprint density at radius 1 is 1.04 bits per heavy atom. The van der Waals surface area contributed by atoms with Crippen molar-refractivity contribution >= 4 is 27.8 Å². The highest BCUT2D eigenvalue weighted by atomic mass is 79.9. The summed E-state index contributed by atoms with van der Waals surface area (Å²) in [5.41, 5.74) is 7.25. The van der Waals surface area contributed by atoms with Crippen LogP contribution in [0.4, 0.5) is 0 Å². The van der Waals surface area contributed by atoms with Gasteiger partial charge in [-0.15, -0.1) is 0 Å². The molecule has 2 aliphatic rings. The summed E-state index contributed by atoms with van der Waals surface area (Å²) in [6, 6.07) is 6.98. The van der Waals surface area contributed by atoms with E-state index >= 15 is 0 Å². The molecule has 122 valence electrons. The average molecular weight is 372 g/mol. The number of benzene rings is 1. The summed E-state index contributed by atoms with van der Waals surface area (Å²) >= 11 is 3.56. The minimum atomic E-state index is 0.231. The zero-order valence-corrected chi connectivity index (χ0v) is 16.4. The normalized spacial score (nSPS) is 29.2. The lowest BCUT2D eigenvalue weighted by atomic mass is 9.82. The summed E-state index contributed by atoms with van der Waals surface area (Å²) in [4.78, 5) is 4.76. The second-order valence-corrected chi connectivity index (χ2v) is 9.14. The fourth-order valence-corrected chi connectivity index (χ4v) is 4.62. The third kappa shape index (κ3) is 3.10. The van der Waals surface area contributed by atoms with Crippen LogP contribution in [0.25, 0.3) is 5.70 Å². The number of hydrogen-bond acceptors (Lipinski definition) is 1. The van der Waals surface area contributed by atoms with Crippen LogP contribution >= 0.6 is 15.9 Å². The van der Waals surface area contributed by atoms with Crippen molar-refractivity contribution < 1.29 is 0 Å². The summed E-state index contributed by atoms with van der Waals surface area (Å²) < 4.78 is 1.07. The first kappa shape index (κ1) is 16.7. The molecule has 0 saturated carbocycles. The lowest BCUT2D eigenvalue weighted by molar-refractivity contribution is 0.403. The maximum atomic E-state index is 4.76. The zero-order valence-electron chi connectivity index (χ0n) is 14.8. The molecule has 0 radical (unpaired) electrons. The molecule has 0 atom stereocenters. The van der Waals surface area contributed by atoms with Crippen molar-refractivity contribution in [3.8, 4) is 0 Å². The Morgan fingerprint density at radius 2 is 1.74 bits per heavy atom. The first-order chi connectivity index (χ1) is 10.7. The third-order valence-corrected chi connectivity index (χ3v) is 5.74. The molecule has 2 heteroatoms. The van der Waals surface area contributed by atoms with Crippen LogP contribution in [0, 0.1) is 0 Å². The van der Waals surface area contributed by atoms with Gasteiger partial charge < -0.3 is 0 Å². The van der Waals surface area contributed by atoms with Crippen LogP contribution in [-0.4, -0.2) is 6.21 Å². The van der Waals surface area contributed by atoms with Gasteiger partial charge in [0.2, 0.25) is 0 Å². The van der Waals surface area contributed by atoms with Gasteiger partial charge in [0.25, 0.3) is 0 Å². The van der Waals surface area contributed by atoms with Crippen LogP contribution in [0.2, 0.25) is 0 Å². The van der Waals surface area contributed by atoms with Crippen LogP contribution < -0.4 is 0 Å². The van der Waals surface area contributed by atoms with Gasteiger partial charge in [0, 0.05) is 16.3 Å². The second-order valence-electron chi connectivity index (χ2n) is 8.22. The molecule has 1 aromatic carbocycles. The van der Waals surface area contributed by atoms with E-state index in [2.05, 4.69) is 74.8 Å². The number of nitrogens with zero attached hydrogens (tertiary/aromatic N) is 1. The van der Waals surface area contributed by atoms with Crippen LogP contribution in [0.5, 0.6) is 0 Å². The van der Waals surface area contributed by atoms with E-state index in [0.717, 1.165) is 23.0 Å². The highest BCUT2D eigenvalue weighted by Gasteiger charge is 2.41. The molecule has 0 saturated heterocycles. The van der Waals surface area contributed by atoms with Crippen LogP contribution in [0.15, 0.2) is 39.3 Å². The standard InChI is InChI=1S/C21H26BrN/c1-14-7-6-8-16(22)12-23-19(14)15-9-10-17-18(11-15)21(4,5)13-20(17,2)3/h8-12H,6-7,13H2,1-5H3/b16-8+,19-14-,23-12-. The van der Waals surface area contributed by atoms with E-state index < -0.39 is 0 Å². The number of rotatable bonds is 1. The molecule has 23 heavy (non-hydrogen) atoms. The molecule has 1 aromatic rings. The monoisotopic (exact) mass is 371 g/mol. The maximum Gasteiger partial charge on any atom is 0.0691 e. The molecule has 1 nitrogen and oxygen atoms in total. The fraction of sp³-hybridized carbons (Fsp3) is 0.476. The Bertz CT molecular complexity index is 732. The summed E-state index contributed by atoms with van der Waals surface area (Å²) in [5, 5.41) is 0. The second kappa shape index (κ2) is 5.73. The maximum absolute atomic E-state index is 4.76. The number of aliphatic imine (C=N–C) groups is 1. The Morgan fingerprint density at radius 3 is 2.48 bits per heavy atom. The lowest BCUT2D eigenvalue weighted by Crippen LogP contribution is -2.17. The highest BCUT2D eigenvalue weighted by Crippen LogP contribution is 2.50. The van der Waals surface area contributed by atoms with E-state index in [-0.39, 0.29) is 10.8 Å². The largest absolute Gasteiger partial charge is 0.255 e.